The molecule has 1 saturated heterocycles. The first-order chi connectivity index (χ1) is 12.3. The highest BCUT2D eigenvalue weighted by Gasteiger charge is 2.58. The Balaban J connectivity index is 2.05. The second-order valence-electron chi connectivity index (χ2n) is 5.76. The standard InChI is InChI=1S/C19H15NO4S2/c1-14-7-5-11-16(13-14)26(23,24)19(17(21)20-18(22)25-19)12-6-10-15-8-3-2-4-9-15/h2-5,7-9,11,13H,12H2,1H3,(H,20,21,22). The molecular weight excluding hydrogens is 370 g/mol. The number of nitrogens with one attached hydrogen (secondary N) is 1. The Labute approximate surface area is 156 Å². The van der Waals surface area contributed by atoms with Crippen molar-refractivity contribution in [1.82, 2.24) is 5.32 Å². The Hall–Kier alpha value is -2.56. The Morgan fingerprint density at radius 2 is 1.81 bits per heavy atom. The molecule has 3 rings (SSSR count). The van der Waals surface area contributed by atoms with Gasteiger partial charge in [-0.1, -0.05) is 42.2 Å². The van der Waals surface area contributed by atoms with Gasteiger partial charge in [0.05, 0.1) is 4.90 Å². The van der Waals surface area contributed by atoms with Crippen LogP contribution >= 0.6 is 11.8 Å². The molecule has 0 bridgehead atoms. The van der Waals surface area contributed by atoms with Crippen LogP contribution in [0.2, 0.25) is 0 Å². The average Bonchev–Trinajstić information content (AvgIpc) is 2.91. The van der Waals surface area contributed by atoms with Crippen LogP contribution in [-0.2, 0) is 14.6 Å². The van der Waals surface area contributed by atoms with Gasteiger partial charge in [-0.05, 0) is 48.5 Å². The number of carbonyl (C=O) groups is 2. The van der Waals surface area contributed by atoms with E-state index in [9.17, 15) is 18.0 Å². The Bertz CT molecular complexity index is 1040. The highest BCUT2D eigenvalue weighted by Crippen LogP contribution is 2.43. The number of amides is 2. The molecule has 0 radical (unpaired) electrons. The summed E-state index contributed by atoms with van der Waals surface area (Å²) >= 11 is 0.474. The van der Waals surface area contributed by atoms with E-state index in [-0.39, 0.29) is 11.3 Å². The van der Waals surface area contributed by atoms with Crippen molar-refractivity contribution >= 4 is 32.7 Å². The van der Waals surface area contributed by atoms with Crippen molar-refractivity contribution in [1.29, 1.82) is 0 Å². The van der Waals surface area contributed by atoms with Gasteiger partial charge in [-0.3, -0.25) is 14.9 Å². The molecule has 1 aliphatic rings. The zero-order valence-corrected chi connectivity index (χ0v) is 15.5. The molecule has 2 aromatic rings. The van der Waals surface area contributed by atoms with Crippen molar-refractivity contribution in [2.45, 2.75) is 22.3 Å². The average molecular weight is 385 g/mol. The van der Waals surface area contributed by atoms with E-state index in [2.05, 4.69) is 17.2 Å². The molecule has 5 nitrogen and oxygen atoms in total. The molecule has 1 aliphatic heterocycles. The molecule has 1 heterocycles. The fourth-order valence-electron chi connectivity index (χ4n) is 2.55. The van der Waals surface area contributed by atoms with Crippen LogP contribution in [-0.4, -0.2) is 23.6 Å². The SMILES string of the molecule is Cc1cccc(S(=O)(=O)C2(CC#Cc3ccccc3)SC(=O)NC2=O)c1. The zero-order valence-electron chi connectivity index (χ0n) is 13.9. The molecule has 0 spiro atoms. The Kier molecular flexibility index (Phi) is 4.90. The number of thioether (sulfide) groups is 1. The lowest BCUT2D eigenvalue weighted by molar-refractivity contribution is -0.119. The highest BCUT2D eigenvalue weighted by atomic mass is 32.3. The van der Waals surface area contributed by atoms with Crippen molar-refractivity contribution in [2.75, 3.05) is 0 Å². The van der Waals surface area contributed by atoms with E-state index in [1.807, 2.05) is 18.2 Å². The van der Waals surface area contributed by atoms with E-state index < -0.39 is 25.1 Å². The van der Waals surface area contributed by atoms with Crippen LogP contribution in [0, 0.1) is 18.8 Å². The second kappa shape index (κ2) is 6.98. The van der Waals surface area contributed by atoms with Crippen LogP contribution in [0.15, 0.2) is 59.5 Å². The van der Waals surface area contributed by atoms with Gasteiger partial charge < -0.3 is 0 Å². The number of carbonyl (C=O) groups excluding carboxylic acids is 2. The van der Waals surface area contributed by atoms with E-state index in [0.717, 1.165) is 5.56 Å². The topological polar surface area (TPSA) is 80.3 Å². The monoisotopic (exact) mass is 385 g/mol. The Morgan fingerprint density at radius 1 is 1.08 bits per heavy atom. The summed E-state index contributed by atoms with van der Waals surface area (Å²) in [6.07, 6.45) is -0.291. The molecule has 1 fully saturated rings. The summed E-state index contributed by atoms with van der Waals surface area (Å²) in [5.41, 5.74) is 1.44. The third-order valence-electron chi connectivity index (χ3n) is 3.88. The first-order valence-electron chi connectivity index (χ1n) is 7.75. The maximum absolute atomic E-state index is 13.2. The number of benzene rings is 2. The van der Waals surface area contributed by atoms with Crippen molar-refractivity contribution < 1.29 is 18.0 Å². The summed E-state index contributed by atoms with van der Waals surface area (Å²) in [7, 11) is -4.13. The predicted octanol–water partition coefficient (Wildman–Crippen LogP) is 2.89. The number of rotatable bonds is 3. The molecule has 1 unspecified atom stereocenters. The molecule has 1 N–H and O–H groups in total. The number of sulfone groups is 1. The van der Waals surface area contributed by atoms with Crippen molar-refractivity contribution in [3.63, 3.8) is 0 Å². The van der Waals surface area contributed by atoms with E-state index in [4.69, 9.17) is 0 Å². The minimum absolute atomic E-state index is 0.00337. The second-order valence-corrected chi connectivity index (χ2v) is 9.47. The van der Waals surface area contributed by atoms with Crippen LogP contribution in [0.4, 0.5) is 4.79 Å². The van der Waals surface area contributed by atoms with Crippen LogP contribution in [0.1, 0.15) is 17.5 Å². The van der Waals surface area contributed by atoms with E-state index in [0.29, 0.717) is 17.3 Å². The lowest BCUT2D eigenvalue weighted by Gasteiger charge is -2.22. The molecule has 0 aliphatic carbocycles. The minimum atomic E-state index is -4.13. The lowest BCUT2D eigenvalue weighted by atomic mass is 10.2. The van der Waals surface area contributed by atoms with Crippen LogP contribution in [0.5, 0.6) is 0 Å². The van der Waals surface area contributed by atoms with E-state index >= 15 is 0 Å². The van der Waals surface area contributed by atoms with Crippen molar-refractivity contribution in [2.24, 2.45) is 0 Å². The van der Waals surface area contributed by atoms with Gasteiger partial charge in [0, 0.05) is 12.0 Å². The quantitative estimate of drug-likeness (QED) is 0.822. The largest absolute Gasteiger partial charge is 0.287 e. The van der Waals surface area contributed by atoms with E-state index in [1.165, 1.54) is 12.1 Å². The molecule has 2 aromatic carbocycles. The van der Waals surface area contributed by atoms with Gasteiger partial charge in [0.15, 0.2) is 0 Å². The van der Waals surface area contributed by atoms with Gasteiger partial charge in [-0.15, -0.1) is 0 Å². The summed E-state index contributed by atoms with van der Waals surface area (Å²) in [5, 5.41) is 1.40. The number of hydrogen-bond donors (Lipinski definition) is 1. The first-order valence-corrected chi connectivity index (χ1v) is 10.0. The molecular formula is C19H15NO4S2. The van der Waals surface area contributed by atoms with Gasteiger partial charge in [0.2, 0.25) is 13.9 Å². The molecule has 1 atom stereocenters. The first kappa shape index (κ1) is 18.2. The van der Waals surface area contributed by atoms with E-state index in [1.54, 1.807) is 31.2 Å². The minimum Gasteiger partial charge on any atom is -0.285 e. The number of aryl methyl sites for hydroxylation is 1. The maximum atomic E-state index is 13.2. The maximum Gasteiger partial charge on any atom is 0.287 e. The summed E-state index contributed by atoms with van der Waals surface area (Å²) in [5.74, 6) is 4.76. The fraction of sp³-hybridized carbons (Fsp3) is 0.158. The third-order valence-corrected chi connectivity index (χ3v) is 7.81. The number of imide groups is 1. The summed E-state index contributed by atoms with van der Waals surface area (Å²) in [6.45, 7) is 1.76. The fourth-order valence-corrected chi connectivity index (χ4v) is 5.78. The van der Waals surface area contributed by atoms with Crippen LogP contribution in [0.3, 0.4) is 0 Å². The molecule has 132 valence electrons. The molecule has 7 heteroatoms. The normalized spacial score (nSPS) is 19.6. The van der Waals surface area contributed by atoms with Gasteiger partial charge in [0.1, 0.15) is 0 Å². The molecule has 2 amide bonds. The van der Waals surface area contributed by atoms with Crippen LogP contribution in [0.25, 0.3) is 0 Å². The molecule has 26 heavy (non-hydrogen) atoms. The van der Waals surface area contributed by atoms with Gasteiger partial charge >= 0.3 is 0 Å². The lowest BCUT2D eigenvalue weighted by Crippen LogP contribution is -2.43. The summed E-state index contributed by atoms with van der Waals surface area (Å²) in [6, 6.07) is 15.3. The summed E-state index contributed by atoms with van der Waals surface area (Å²) < 4.78 is 24.4. The van der Waals surface area contributed by atoms with Crippen molar-refractivity contribution in [3.05, 3.63) is 65.7 Å². The molecule has 0 saturated carbocycles. The van der Waals surface area contributed by atoms with Gasteiger partial charge in [-0.2, -0.15) is 0 Å². The Morgan fingerprint density at radius 3 is 2.42 bits per heavy atom. The predicted molar refractivity (Wildman–Crippen MR) is 100 cm³/mol. The third kappa shape index (κ3) is 3.26. The van der Waals surface area contributed by atoms with Gasteiger partial charge in [0.25, 0.3) is 11.1 Å². The zero-order chi connectivity index (χ0) is 18.8. The summed E-state index contributed by atoms with van der Waals surface area (Å²) in [4.78, 5) is 24.2. The van der Waals surface area contributed by atoms with Crippen molar-refractivity contribution in [3.8, 4) is 11.8 Å². The molecule has 0 aromatic heterocycles. The van der Waals surface area contributed by atoms with Crippen LogP contribution < -0.4 is 5.32 Å². The highest BCUT2D eigenvalue weighted by molar-refractivity contribution is 8.25. The smallest absolute Gasteiger partial charge is 0.285 e. The van der Waals surface area contributed by atoms with Gasteiger partial charge in [-0.25, -0.2) is 8.42 Å². The number of hydrogen-bond acceptors (Lipinski definition) is 5.